The van der Waals surface area contributed by atoms with Gasteiger partial charge in [-0.05, 0) is 24.8 Å². The van der Waals surface area contributed by atoms with Crippen molar-refractivity contribution in [1.29, 1.82) is 0 Å². The Labute approximate surface area is 161 Å². The van der Waals surface area contributed by atoms with Crippen LogP contribution in [-0.4, -0.2) is 59.8 Å². The molecule has 144 valence electrons. The Bertz CT molecular complexity index is 580. The Morgan fingerprint density at radius 2 is 1.69 bits per heavy atom. The second-order valence-electron chi connectivity index (χ2n) is 7.08. The fraction of sp³-hybridized carbons (Fsp3) is 0.600. The quantitative estimate of drug-likeness (QED) is 0.758. The summed E-state index contributed by atoms with van der Waals surface area (Å²) in [4.78, 5) is 28.5. The molecule has 1 atom stereocenters. The van der Waals surface area contributed by atoms with Gasteiger partial charge in [-0.3, -0.25) is 4.79 Å². The molecule has 1 fully saturated rings. The summed E-state index contributed by atoms with van der Waals surface area (Å²) < 4.78 is 5.31. The predicted octanol–water partition coefficient (Wildman–Crippen LogP) is 3.64. The van der Waals surface area contributed by atoms with E-state index in [-0.39, 0.29) is 17.3 Å². The number of ether oxygens (including phenoxy) is 1. The van der Waals surface area contributed by atoms with Gasteiger partial charge >= 0.3 is 6.09 Å². The van der Waals surface area contributed by atoms with Crippen LogP contribution in [0, 0.1) is 5.92 Å². The van der Waals surface area contributed by atoms with E-state index < -0.39 is 0 Å². The molecule has 1 aliphatic heterocycles. The summed E-state index contributed by atoms with van der Waals surface area (Å²) in [7, 11) is 0. The monoisotopic (exact) mass is 378 g/mol. The van der Waals surface area contributed by atoms with E-state index in [1.807, 2.05) is 43.9 Å². The highest BCUT2D eigenvalue weighted by atomic mass is 32.2. The molecule has 26 heavy (non-hydrogen) atoms. The summed E-state index contributed by atoms with van der Waals surface area (Å²) in [5.41, 5.74) is 1.23. The molecule has 0 spiro atoms. The maximum absolute atomic E-state index is 12.7. The van der Waals surface area contributed by atoms with Crippen molar-refractivity contribution in [1.82, 2.24) is 9.80 Å². The Kier molecular flexibility index (Phi) is 8.29. The number of thioether (sulfide) groups is 1. The van der Waals surface area contributed by atoms with Gasteiger partial charge < -0.3 is 14.5 Å². The van der Waals surface area contributed by atoms with Gasteiger partial charge in [0.05, 0.1) is 11.9 Å². The molecule has 0 aromatic heterocycles. The fourth-order valence-corrected chi connectivity index (χ4v) is 3.70. The molecular formula is C20H30N2O3S. The largest absolute Gasteiger partial charge is 0.449 e. The number of hydrogen-bond donors (Lipinski definition) is 0. The first-order chi connectivity index (χ1) is 12.5. The van der Waals surface area contributed by atoms with Gasteiger partial charge in [0.15, 0.2) is 0 Å². The van der Waals surface area contributed by atoms with Crippen LogP contribution in [0.4, 0.5) is 4.79 Å². The summed E-state index contributed by atoms with van der Waals surface area (Å²) in [6.45, 7) is 8.90. The minimum atomic E-state index is -0.264. The molecule has 0 bridgehead atoms. The van der Waals surface area contributed by atoms with E-state index in [0.29, 0.717) is 38.7 Å². The lowest BCUT2D eigenvalue weighted by atomic mass is 10.2. The molecule has 0 N–H and O–H groups in total. The van der Waals surface area contributed by atoms with Crippen LogP contribution in [0.25, 0.3) is 0 Å². The standard InChI is InChI=1S/C20H30N2O3S/c1-16(2)14-25-20(24)22-11-7-10-21(12-13-22)19(23)17(3)26-15-18-8-5-4-6-9-18/h4-6,8-9,16-17H,7,10-15H2,1-3H3. The van der Waals surface area contributed by atoms with E-state index >= 15 is 0 Å². The highest BCUT2D eigenvalue weighted by molar-refractivity contribution is 7.99. The Morgan fingerprint density at radius 3 is 2.38 bits per heavy atom. The van der Waals surface area contributed by atoms with Crippen LogP contribution in [0.15, 0.2) is 30.3 Å². The molecule has 1 aromatic rings. The summed E-state index contributed by atoms with van der Waals surface area (Å²) in [5, 5.41) is -0.0883. The second kappa shape index (κ2) is 10.5. The maximum atomic E-state index is 12.7. The van der Waals surface area contributed by atoms with E-state index in [0.717, 1.165) is 12.2 Å². The first kappa shape index (κ1) is 20.6. The molecule has 0 aliphatic carbocycles. The molecular weight excluding hydrogens is 348 g/mol. The lowest BCUT2D eigenvalue weighted by Crippen LogP contribution is -2.40. The fourth-order valence-electron chi connectivity index (χ4n) is 2.77. The molecule has 2 amide bonds. The summed E-state index contributed by atoms with van der Waals surface area (Å²) in [6.07, 6.45) is 0.526. The minimum Gasteiger partial charge on any atom is -0.449 e. The topological polar surface area (TPSA) is 49.9 Å². The van der Waals surface area contributed by atoms with Crippen LogP contribution >= 0.6 is 11.8 Å². The van der Waals surface area contributed by atoms with Gasteiger partial charge in [-0.25, -0.2) is 4.79 Å². The van der Waals surface area contributed by atoms with Crippen LogP contribution in [0.2, 0.25) is 0 Å². The number of benzene rings is 1. The molecule has 1 unspecified atom stereocenters. The number of carbonyl (C=O) groups is 2. The molecule has 2 rings (SSSR count). The van der Waals surface area contributed by atoms with Gasteiger partial charge in [0.25, 0.3) is 0 Å². The average molecular weight is 379 g/mol. The highest BCUT2D eigenvalue weighted by Gasteiger charge is 2.26. The number of amides is 2. The van der Waals surface area contributed by atoms with Crippen molar-refractivity contribution in [3.63, 3.8) is 0 Å². The lowest BCUT2D eigenvalue weighted by Gasteiger charge is -2.24. The minimum absolute atomic E-state index is 0.0883. The third kappa shape index (κ3) is 6.56. The molecule has 5 nitrogen and oxygen atoms in total. The number of hydrogen-bond acceptors (Lipinski definition) is 4. The zero-order valence-electron chi connectivity index (χ0n) is 16.0. The molecule has 1 aromatic carbocycles. The van der Waals surface area contributed by atoms with Crippen LogP contribution in [0.3, 0.4) is 0 Å². The normalized spacial score (nSPS) is 16.3. The lowest BCUT2D eigenvalue weighted by molar-refractivity contribution is -0.130. The molecule has 1 saturated heterocycles. The van der Waals surface area contributed by atoms with E-state index in [4.69, 9.17) is 4.74 Å². The van der Waals surface area contributed by atoms with Crippen LogP contribution in [0.5, 0.6) is 0 Å². The SMILES string of the molecule is CC(C)COC(=O)N1CCCN(C(=O)C(C)SCc2ccccc2)CC1. The van der Waals surface area contributed by atoms with Crippen molar-refractivity contribution in [2.75, 3.05) is 32.8 Å². The second-order valence-corrected chi connectivity index (χ2v) is 8.40. The summed E-state index contributed by atoms with van der Waals surface area (Å²) in [5.74, 6) is 1.31. The highest BCUT2D eigenvalue weighted by Crippen LogP contribution is 2.20. The molecule has 1 aliphatic rings. The van der Waals surface area contributed by atoms with Gasteiger partial charge in [-0.2, -0.15) is 0 Å². The first-order valence-electron chi connectivity index (χ1n) is 9.33. The van der Waals surface area contributed by atoms with E-state index in [1.54, 1.807) is 16.7 Å². The zero-order chi connectivity index (χ0) is 18.9. The first-order valence-corrected chi connectivity index (χ1v) is 10.4. The molecule has 6 heteroatoms. The van der Waals surface area contributed by atoms with Crippen LogP contribution < -0.4 is 0 Å². The van der Waals surface area contributed by atoms with E-state index in [2.05, 4.69) is 12.1 Å². The van der Waals surface area contributed by atoms with Crippen molar-refractivity contribution in [3.05, 3.63) is 35.9 Å². The van der Waals surface area contributed by atoms with Gasteiger partial charge in [-0.1, -0.05) is 44.2 Å². The van der Waals surface area contributed by atoms with Gasteiger partial charge in [-0.15, -0.1) is 11.8 Å². The number of nitrogens with zero attached hydrogens (tertiary/aromatic N) is 2. The zero-order valence-corrected chi connectivity index (χ0v) is 16.8. The Balaban J connectivity index is 1.79. The van der Waals surface area contributed by atoms with Gasteiger partial charge in [0, 0.05) is 31.9 Å². The number of carbonyl (C=O) groups excluding carboxylic acids is 2. The number of rotatable bonds is 6. The van der Waals surface area contributed by atoms with Gasteiger partial charge in [0.1, 0.15) is 0 Å². The van der Waals surface area contributed by atoms with Crippen molar-refractivity contribution < 1.29 is 14.3 Å². The smallest absolute Gasteiger partial charge is 0.409 e. The van der Waals surface area contributed by atoms with Gasteiger partial charge in [0.2, 0.25) is 5.91 Å². The molecule has 1 heterocycles. The van der Waals surface area contributed by atoms with E-state index in [1.165, 1.54) is 5.56 Å². The third-order valence-corrected chi connectivity index (χ3v) is 5.50. The van der Waals surface area contributed by atoms with Crippen molar-refractivity contribution >= 4 is 23.8 Å². The van der Waals surface area contributed by atoms with Crippen molar-refractivity contribution in [3.8, 4) is 0 Å². The third-order valence-electron chi connectivity index (χ3n) is 4.30. The van der Waals surface area contributed by atoms with Crippen molar-refractivity contribution in [2.45, 2.75) is 38.2 Å². The maximum Gasteiger partial charge on any atom is 0.409 e. The molecule has 0 radical (unpaired) electrons. The van der Waals surface area contributed by atoms with Crippen LogP contribution in [0.1, 0.15) is 32.8 Å². The molecule has 0 saturated carbocycles. The Hall–Kier alpha value is -1.69. The van der Waals surface area contributed by atoms with Crippen molar-refractivity contribution in [2.24, 2.45) is 5.92 Å². The Morgan fingerprint density at radius 1 is 1.04 bits per heavy atom. The average Bonchev–Trinajstić information content (AvgIpc) is 2.90. The van der Waals surface area contributed by atoms with E-state index in [9.17, 15) is 9.59 Å². The summed E-state index contributed by atoms with van der Waals surface area (Å²) >= 11 is 1.66. The van der Waals surface area contributed by atoms with Crippen LogP contribution in [-0.2, 0) is 15.3 Å². The predicted molar refractivity (Wildman–Crippen MR) is 106 cm³/mol. The summed E-state index contributed by atoms with van der Waals surface area (Å²) in [6, 6.07) is 10.2.